The molecule has 2 aromatic carbocycles. The van der Waals surface area contributed by atoms with Crippen LogP contribution >= 0.6 is 11.3 Å². The van der Waals surface area contributed by atoms with Gasteiger partial charge in [0.2, 0.25) is 11.7 Å². The molecule has 206 valence electrons. The van der Waals surface area contributed by atoms with E-state index in [0.29, 0.717) is 37.4 Å². The lowest BCUT2D eigenvalue weighted by molar-refractivity contribution is -0.146. The number of Topliss-reactive ketones (excluding diaryl/α,β-unsaturated/α-hetero) is 1. The lowest BCUT2D eigenvalue weighted by Crippen LogP contribution is -2.54. The quantitative estimate of drug-likeness (QED) is 0.276. The number of hydrogen-bond donors (Lipinski definition) is 2. The molecule has 2 atom stereocenters. The number of thiazole rings is 1. The summed E-state index contributed by atoms with van der Waals surface area (Å²) < 4.78 is 11.7. The van der Waals surface area contributed by atoms with Gasteiger partial charge in [0, 0.05) is 20.0 Å². The third-order valence-corrected chi connectivity index (χ3v) is 7.39. The third kappa shape index (κ3) is 8.08. The molecule has 3 aromatic rings. The number of nitrogens with zero attached hydrogens (tertiary/aromatic N) is 2. The van der Waals surface area contributed by atoms with E-state index in [0.717, 1.165) is 15.8 Å². The fraction of sp³-hybridized carbons (Fsp3) is 0.393. The second kappa shape index (κ2) is 13.8. The molecule has 1 saturated heterocycles. The van der Waals surface area contributed by atoms with Crippen molar-refractivity contribution in [2.45, 2.75) is 44.9 Å². The lowest BCUT2D eigenvalue weighted by Gasteiger charge is -2.32. The molecule has 0 spiro atoms. The van der Waals surface area contributed by atoms with Crippen LogP contribution in [0.3, 0.4) is 0 Å². The van der Waals surface area contributed by atoms with Gasteiger partial charge in [0.25, 0.3) is 5.91 Å². The van der Waals surface area contributed by atoms with Crippen LogP contribution in [0.1, 0.15) is 41.6 Å². The van der Waals surface area contributed by atoms with E-state index >= 15 is 0 Å². The summed E-state index contributed by atoms with van der Waals surface area (Å²) in [6, 6.07) is 16.0. The Hall–Kier alpha value is -3.83. The van der Waals surface area contributed by atoms with Crippen LogP contribution < -0.4 is 10.6 Å². The Morgan fingerprint density at radius 1 is 1.10 bits per heavy atom. The standard InChI is InChI=1S/C28H32N4O6S/c1-19(33)32-15-16-37-23(17-32)26(35)30-22(25(34)27-31-21-11-5-6-13-24(21)39-27)12-7-8-14-29-28(36)38-18-20-9-3-2-4-10-20/h2-6,9-11,13,22-23H,7-8,12,14-18H2,1H3,(H,29,36)(H,30,35). The Morgan fingerprint density at radius 2 is 1.87 bits per heavy atom. The summed E-state index contributed by atoms with van der Waals surface area (Å²) >= 11 is 1.28. The zero-order chi connectivity index (χ0) is 27.6. The summed E-state index contributed by atoms with van der Waals surface area (Å²) in [5.41, 5.74) is 1.62. The van der Waals surface area contributed by atoms with Crippen LogP contribution in [0.2, 0.25) is 0 Å². The van der Waals surface area contributed by atoms with E-state index in [4.69, 9.17) is 9.47 Å². The number of ether oxygens (including phenoxy) is 2. The number of nitrogens with one attached hydrogen (secondary N) is 2. The molecule has 1 aromatic heterocycles. The van der Waals surface area contributed by atoms with Gasteiger partial charge in [-0.2, -0.15) is 0 Å². The smallest absolute Gasteiger partial charge is 0.407 e. The van der Waals surface area contributed by atoms with Crippen molar-refractivity contribution in [2.75, 3.05) is 26.2 Å². The van der Waals surface area contributed by atoms with Crippen LogP contribution in [0.5, 0.6) is 0 Å². The van der Waals surface area contributed by atoms with E-state index in [-0.39, 0.29) is 31.4 Å². The molecule has 2 heterocycles. The Kier molecular flexibility index (Phi) is 9.98. The van der Waals surface area contributed by atoms with E-state index < -0.39 is 24.1 Å². The number of benzene rings is 2. The molecule has 1 aliphatic heterocycles. The highest BCUT2D eigenvalue weighted by atomic mass is 32.1. The molecule has 0 bridgehead atoms. The summed E-state index contributed by atoms with van der Waals surface area (Å²) in [4.78, 5) is 56.3. The fourth-order valence-corrected chi connectivity index (χ4v) is 5.15. The zero-order valence-corrected chi connectivity index (χ0v) is 22.6. The van der Waals surface area contributed by atoms with Gasteiger partial charge in [-0.05, 0) is 37.0 Å². The monoisotopic (exact) mass is 552 g/mol. The summed E-state index contributed by atoms with van der Waals surface area (Å²) in [5, 5.41) is 5.86. The molecule has 10 nitrogen and oxygen atoms in total. The maximum atomic E-state index is 13.4. The number of aromatic nitrogens is 1. The first-order chi connectivity index (χ1) is 18.9. The number of amides is 3. The molecule has 0 aliphatic carbocycles. The minimum Gasteiger partial charge on any atom is -0.445 e. The predicted octanol–water partition coefficient (Wildman–Crippen LogP) is 3.31. The first kappa shape index (κ1) is 28.2. The Bertz CT molecular complexity index is 1260. The minimum absolute atomic E-state index is 0.131. The van der Waals surface area contributed by atoms with Gasteiger partial charge < -0.3 is 25.0 Å². The van der Waals surface area contributed by atoms with Gasteiger partial charge >= 0.3 is 6.09 Å². The maximum Gasteiger partial charge on any atom is 0.407 e. The second-order valence-electron chi connectivity index (χ2n) is 9.22. The molecule has 4 rings (SSSR count). The van der Waals surface area contributed by atoms with E-state index in [2.05, 4.69) is 15.6 Å². The number of hydrogen-bond acceptors (Lipinski definition) is 8. The van der Waals surface area contributed by atoms with Gasteiger partial charge in [0.15, 0.2) is 11.1 Å². The van der Waals surface area contributed by atoms with Crippen molar-refractivity contribution in [1.29, 1.82) is 0 Å². The lowest BCUT2D eigenvalue weighted by atomic mass is 10.0. The highest BCUT2D eigenvalue weighted by Crippen LogP contribution is 2.23. The highest BCUT2D eigenvalue weighted by molar-refractivity contribution is 7.20. The van der Waals surface area contributed by atoms with Gasteiger partial charge in [-0.25, -0.2) is 9.78 Å². The first-order valence-corrected chi connectivity index (χ1v) is 13.7. The summed E-state index contributed by atoms with van der Waals surface area (Å²) in [5.74, 6) is -0.852. The predicted molar refractivity (Wildman–Crippen MR) is 146 cm³/mol. The molecular weight excluding hydrogens is 520 g/mol. The fourth-order valence-electron chi connectivity index (χ4n) is 4.19. The Labute approximate surface area is 230 Å². The maximum absolute atomic E-state index is 13.4. The number of alkyl carbamates (subject to hydrolysis) is 1. The number of ketones is 1. The summed E-state index contributed by atoms with van der Waals surface area (Å²) in [7, 11) is 0. The molecule has 1 aliphatic rings. The van der Waals surface area contributed by atoms with Crippen LogP contribution in [0.25, 0.3) is 10.2 Å². The number of unbranched alkanes of at least 4 members (excludes halogenated alkanes) is 1. The van der Waals surface area contributed by atoms with Gasteiger partial charge in [-0.1, -0.05) is 42.5 Å². The average Bonchev–Trinajstić information content (AvgIpc) is 3.40. The van der Waals surface area contributed by atoms with Crippen molar-refractivity contribution in [2.24, 2.45) is 0 Å². The topological polar surface area (TPSA) is 127 Å². The molecular formula is C28H32N4O6S. The van der Waals surface area contributed by atoms with Gasteiger partial charge in [-0.15, -0.1) is 11.3 Å². The molecule has 11 heteroatoms. The highest BCUT2D eigenvalue weighted by Gasteiger charge is 2.32. The van der Waals surface area contributed by atoms with E-state index in [1.54, 1.807) is 4.90 Å². The average molecular weight is 553 g/mol. The van der Waals surface area contributed by atoms with Crippen molar-refractivity contribution < 1.29 is 28.7 Å². The number of para-hydroxylation sites is 1. The third-order valence-electron chi connectivity index (χ3n) is 6.34. The summed E-state index contributed by atoms with van der Waals surface area (Å²) in [6.45, 7) is 2.81. The molecule has 3 amide bonds. The van der Waals surface area contributed by atoms with E-state index in [1.807, 2.05) is 54.6 Å². The molecule has 0 radical (unpaired) electrons. The van der Waals surface area contributed by atoms with Crippen molar-refractivity contribution in [3.63, 3.8) is 0 Å². The Balaban J connectivity index is 1.32. The number of carbonyl (C=O) groups excluding carboxylic acids is 4. The van der Waals surface area contributed by atoms with Gasteiger partial charge in [0.1, 0.15) is 6.61 Å². The van der Waals surface area contributed by atoms with Gasteiger partial charge in [0.05, 0.1) is 29.4 Å². The second-order valence-corrected chi connectivity index (χ2v) is 10.3. The molecule has 39 heavy (non-hydrogen) atoms. The van der Waals surface area contributed by atoms with Crippen molar-refractivity contribution >= 4 is 45.2 Å². The Morgan fingerprint density at radius 3 is 2.64 bits per heavy atom. The van der Waals surface area contributed by atoms with Crippen molar-refractivity contribution in [3.05, 3.63) is 65.2 Å². The van der Waals surface area contributed by atoms with E-state index in [9.17, 15) is 19.2 Å². The largest absolute Gasteiger partial charge is 0.445 e. The van der Waals surface area contributed by atoms with Crippen LogP contribution in [0.4, 0.5) is 4.79 Å². The summed E-state index contributed by atoms with van der Waals surface area (Å²) in [6.07, 6.45) is 0.127. The first-order valence-electron chi connectivity index (χ1n) is 12.9. The van der Waals surface area contributed by atoms with Crippen LogP contribution in [-0.2, 0) is 25.7 Å². The number of carbonyl (C=O) groups is 4. The van der Waals surface area contributed by atoms with Crippen LogP contribution in [0, 0.1) is 0 Å². The molecule has 2 N–H and O–H groups in total. The van der Waals surface area contributed by atoms with Crippen LogP contribution in [0.15, 0.2) is 54.6 Å². The van der Waals surface area contributed by atoms with Crippen molar-refractivity contribution in [1.82, 2.24) is 20.5 Å². The number of morpholine rings is 1. The zero-order valence-electron chi connectivity index (χ0n) is 21.8. The number of fused-ring (bicyclic) bond motifs is 1. The molecule has 1 fully saturated rings. The molecule has 2 unspecified atom stereocenters. The van der Waals surface area contributed by atoms with E-state index in [1.165, 1.54) is 18.3 Å². The normalized spacial score (nSPS) is 15.9. The number of rotatable bonds is 11. The van der Waals surface area contributed by atoms with Crippen LogP contribution in [-0.4, -0.2) is 72.0 Å². The minimum atomic E-state index is -0.852. The SMILES string of the molecule is CC(=O)N1CCOC(C(=O)NC(CCCCNC(=O)OCc2ccccc2)C(=O)c2nc3ccccc3s2)C1. The van der Waals surface area contributed by atoms with Gasteiger partial charge in [-0.3, -0.25) is 14.4 Å². The molecule has 0 saturated carbocycles. The van der Waals surface area contributed by atoms with Crippen molar-refractivity contribution in [3.8, 4) is 0 Å².